The predicted molar refractivity (Wildman–Crippen MR) is 123 cm³/mol. The Morgan fingerprint density at radius 2 is 1.81 bits per heavy atom. The van der Waals surface area contributed by atoms with Gasteiger partial charge in [-0.1, -0.05) is 61.2 Å². The Morgan fingerprint density at radius 1 is 1.06 bits per heavy atom. The van der Waals surface area contributed by atoms with E-state index in [0.717, 1.165) is 19.3 Å². The molecule has 0 atom stereocenters. The van der Waals surface area contributed by atoms with Crippen molar-refractivity contribution >= 4 is 45.8 Å². The minimum atomic E-state index is -0.653. The van der Waals surface area contributed by atoms with Gasteiger partial charge in [-0.25, -0.2) is 4.68 Å². The number of amides is 2. The Bertz CT molecular complexity index is 1200. The van der Waals surface area contributed by atoms with Gasteiger partial charge >= 0.3 is 0 Å². The fourth-order valence-electron chi connectivity index (χ4n) is 3.02. The highest BCUT2D eigenvalue weighted by Crippen LogP contribution is 2.27. The largest absolute Gasteiger partial charge is 0.482 e. The topological polar surface area (TPSA) is 102 Å². The van der Waals surface area contributed by atoms with E-state index in [1.165, 1.54) is 10.7 Å². The minimum Gasteiger partial charge on any atom is -0.482 e. The number of ether oxygens (including phenoxy) is 1. The summed E-state index contributed by atoms with van der Waals surface area (Å²) in [5, 5.41) is 5.73. The molecule has 8 nitrogen and oxygen atoms in total. The molecule has 0 radical (unpaired) electrons. The van der Waals surface area contributed by atoms with E-state index >= 15 is 0 Å². The number of nitrogens with zero attached hydrogens (tertiary/aromatic N) is 2. The molecule has 2 amide bonds. The fraction of sp³-hybridized carbons (Fsp3) is 0.273. The van der Waals surface area contributed by atoms with Crippen molar-refractivity contribution in [3.05, 3.63) is 68.6 Å². The van der Waals surface area contributed by atoms with E-state index < -0.39 is 18.4 Å². The molecule has 2 aromatic carbocycles. The summed E-state index contributed by atoms with van der Waals surface area (Å²) in [6, 6.07) is 11.3. The van der Waals surface area contributed by atoms with Gasteiger partial charge in [0.15, 0.2) is 12.3 Å². The lowest BCUT2D eigenvalue weighted by Crippen LogP contribution is -2.44. The first kappa shape index (κ1) is 23.6. The number of carbonyl (C=O) groups is 2. The highest BCUT2D eigenvalue weighted by Gasteiger charge is 2.17. The Hall–Kier alpha value is -3.10. The van der Waals surface area contributed by atoms with Crippen molar-refractivity contribution < 1.29 is 14.3 Å². The number of aryl methyl sites for hydroxylation is 1. The van der Waals surface area contributed by atoms with Gasteiger partial charge in [0, 0.05) is 23.0 Å². The maximum Gasteiger partial charge on any atom is 0.290 e. The number of fused-ring (bicyclic) bond motifs is 1. The molecule has 0 saturated carbocycles. The molecule has 0 spiro atoms. The smallest absolute Gasteiger partial charge is 0.290 e. The lowest BCUT2D eigenvalue weighted by molar-refractivity contribution is -0.123. The molecule has 0 fully saturated rings. The van der Waals surface area contributed by atoms with E-state index in [4.69, 9.17) is 27.9 Å². The molecular formula is C22H22Cl2N4O4. The van der Waals surface area contributed by atoms with Gasteiger partial charge in [-0.2, -0.15) is 5.10 Å². The molecule has 168 valence electrons. The van der Waals surface area contributed by atoms with Crippen LogP contribution in [-0.2, 0) is 11.3 Å². The molecule has 0 saturated heterocycles. The summed E-state index contributed by atoms with van der Waals surface area (Å²) >= 11 is 11.9. The number of unbranched alkanes of at least 4 members (excludes halogenated alkanes) is 2. The van der Waals surface area contributed by atoms with E-state index in [0.29, 0.717) is 27.4 Å². The maximum atomic E-state index is 12.7. The van der Waals surface area contributed by atoms with Crippen LogP contribution in [0.1, 0.15) is 36.7 Å². The van der Waals surface area contributed by atoms with Crippen LogP contribution in [0.4, 0.5) is 0 Å². The molecule has 0 aliphatic heterocycles. The zero-order valence-corrected chi connectivity index (χ0v) is 18.9. The molecule has 1 aromatic heterocycles. The molecule has 3 aromatic rings. The van der Waals surface area contributed by atoms with Crippen LogP contribution >= 0.6 is 23.2 Å². The molecule has 10 heteroatoms. The third kappa shape index (κ3) is 5.77. The SMILES string of the molecule is CCCCCn1nc(C(=O)NNC(=O)COc2cc(Cl)ccc2Cl)c2ccccc2c1=O. The Balaban J connectivity index is 1.70. The average molecular weight is 477 g/mol. The summed E-state index contributed by atoms with van der Waals surface area (Å²) < 4.78 is 6.63. The molecule has 0 bridgehead atoms. The molecule has 32 heavy (non-hydrogen) atoms. The summed E-state index contributed by atoms with van der Waals surface area (Å²) in [5.74, 6) is -1.03. The summed E-state index contributed by atoms with van der Waals surface area (Å²) in [6.45, 7) is 2.06. The predicted octanol–water partition coefficient (Wildman–Crippen LogP) is 3.73. The zero-order chi connectivity index (χ0) is 23.1. The maximum absolute atomic E-state index is 12.7. The van der Waals surface area contributed by atoms with Gasteiger partial charge in [0.05, 0.1) is 10.4 Å². The quantitative estimate of drug-likeness (QED) is 0.380. The summed E-state index contributed by atoms with van der Waals surface area (Å²) in [4.78, 5) is 37.5. The van der Waals surface area contributed by atoms with Crippen LogP contribution in [-0.4, -0.2) is 28.2 Å². The van der Waals surface area contributed by atoms with Crippen LogP contribution in [0.25, 0.3) is 10.8 Å². The number of rotatable bonds is 8. The first-order valence-electron chi connectivity index (χ1n) is 10.1. The average Bonchev–Trinajstić information content (AvgIpc) is 2.79. The second-order valence-electron chi connectivity index (χ2n) is 7.00. The third-order valence-electron chi connectivity index (χ3n) is 4.62. The summed E-state index contributed by atoms with van der Waals surface area (Å²) in [6.07, 6.45) is 2.70. The summed E-state index contributed by atoms with van der Waals surface area (Å²) in [5.41, 5.74) is 4.36. The van der Waals surface area contributed by atoms with E-state index in [1.54, 1.807) is 36.4 Å². The lowest BCUT2D eigenvalue weighted by atomic mass is 10.1. The van der Waals surface area contributed by atoms with Gasteiger partial charge in [0.2, 0.25) is 0 Å². The zero-order valence-electron chi connectivity index (χ0n) is 17.4. The van der Waals surface area contributed by atoms with Crippen LogP contribution in [0, 0.1) is 0 Å². The highest BCUT2D eigenvalue weighted by molar-refractivity contribution is 6.34. The third-order valence-corrected chi connectivity index (χ3v) is 5.17. The number of aromatic nitrogens is 2. The monoisotopic (exact) mass is 476 g/mol. The first-order valence-corrected chi connectivity index (χ1v) is 10.8. The number of halogens is 2. The van der Waals surface area contributed by atoms with Crippen molar-refractivity contribution in [1.29, 1.82) is 0 Å². The van der Waals surface area contributed by atoms with E-state index in [2.05, 4.69) is 22.9 Å². The number of nitrogens with one attached hydrogen (secondary N) is 2. The fourth-order valence-corrected chi connectivity index (χ4v) is 3.35. The number of hydrazine groups is 1. The van der Waals surface area contributed by atoms with Gasteiger partial charge < -0.3 is 4.74 Å². The van der Waals surface area contributed by atoms with Crippen molar-refractivity contribution in [2.45, 2.75) is 32.7 Å². The first-order chi connectivity index (χ1) is 15.4. The van der Waals surface area contributed by atoms with E-state index in [1.807, 2.05) is 0 Å². The van der Waals surface area contributed by atoms with Crippen molar-refractivity contribution in [3.8, 4) is 5.75 Å². The second kappa shape index (κ2) is 11.0. The molecule has 0 aliphatic rings. The van der Waals surface area contributed by atoms with Crippen molar-refractivity contribution in [1.82, 2.24) is 20.6 Å². The van der Waals surface area contributed by atoms with Crippen LogP contribution in [0.5, 0.6) is 5.75 Å². The van der Waals surface area contributed by atoms with E-state index in [-0.39, 0.29) is 17.0 Å². The normalized spacial score (nSPS) is 10.7. The number of hydrogen-bond donors (Lipinski definition) is 2. The summed E-state index contributed by atoms with van der Waals surface area (Å²) in [7, 11) is 0. The van der Waals surface area contributed by atoms with Gasteiger partial charge in [-0.3, -0.25) is 25.2 Å². The molecular weight excluding hydrogens is 455 g/mol. The van der Waals surface area contributed by atoms with Gasteiger partial charge in [0.1, 0.15) is 5.75 Å². The van der Waals surface area contributed by atoms with Crippen LogP contribution < -0.4 is 21.1 Å². The molecule has 0 unspecified atom stereocenters. The second-order valence-corrected chi connectivity index (χ2v) is 7.84. The Morgan fingerprint density at radius 3 is 2.56 bits per heavy atom. The van der Waals surface area contributed by atoms with Crippen molar-refractivity contribution in [2.75, 3.05) is 6.61 Å². The van der Waals surface area contributed by atoms with Gasteiger partial charge in [-0.05, 0) is 24.6 Å². The lowest BCUT2D eigenvalue weighted by Gasteiger charge is -2.12. The number of benzene rings is 2. The van der Waals surface area contributed by atoms with Crippen LogP contribution in [0.2, 0.25) is 10.0 Å². The Labute approximate surface area is 194 Å². The molecule has 2 N–H and O–H groups in total. The van der Waals surface area contributed by atoms with Crippen LogP contribution in [0.3, 0.4) is 0 Å². The highest BCUT2D eigenvalue weighted by atomic mass is 35.5. The van der Waals surface area contributed by atoms with Crippen molar-refractivity contribution in [2.24, 2.45) is 0 Å². The minimum absolute atomic E-state index is 0.0378. The number of carbonyl (C=O) groups excluding carboxylic acids is 2. The Kier molecular flexibility index (Phi) is 8.08. The van der Waals surface area contributed by atoms with E-state index in [9.17, 15) is 14.4 Å². The van der Waals surface area contributed by atoms with Crippen molar-refractivity contribution in [3.63, 3.8) is 0 Å². The number of hydrogen-bond acceptors (Lipinski definition) is 5. The van der Waals surface area contributed by atoms with Gasteiger partial charge in [-0.15, -0.1) is 0 Å². The molecule has 1 heterocycles. The standard InChI is InChI=1S/C22H22Cl2N4O4/c1-2-3-6-11-28-22(31)16-8-5-4-7-15(16)20(27-28)21(30)26-25-19(29)13-32-18-12-14(23)9-10-17(18)24/h4-5,7-10,12H,2-3,6,11,13H2,1H3,(H,25,29)(H,26,30). The van der Waals surface area contributed by atoms with Crippen LogP contribution in [0.15, 0.2) is 47.3 Å². The van der Waals surface area contributed by atoms with Gasteiger partial charge in [0.25, 0.3) is 17.4 Å². The molecule has 3 rings (SSSR count). The molecule has 0 aliphatic carbocycles.